The summed E-state index contributed by atoms with van der Waals surface area (Å²) in [6.07, 6.45) is -1.76. The molecule has 32 heavy (non-hydrogen) atoms. The van der Waals surface area contributed by atoms with Crippen LogP contribution in [0.1, 0.15) is 75.7 Å². The summed E-state index contributed by atoms with van der Waals surface area (Å²) in [6, 6.07) is 0. The molecule has 0 spiro atoms. The molecule has 2 aromatic heterocycles. The molecule has 0 bridgehead atoms. The number of halogens is 3. The molecule has 1 aliphatic rings. The van der Waals surface area contributed by atoms with Crippen molar-refractivity contribution in [3.63, 3.8) is 0 Å². The van der Waals surface area contributed by atoms with Crippen LogP contribution in [0.3, 0.4) is 0 Å². The first kappa shape index (κ1) is 24.0. The summed E-state index contributed by atoms with van der Waals surface area (Å²) in [4.78, 5) is 37.3. The summed E-state index contributed by atoms with van der Waals surface area (Å²) in [7, 11) is 0. The van der Waals surface area contributed by atoms with Crippen LogP contribution in [0.15, 0.2) is 0 Å². The molecule has 0 fully saturated rings. The number of hydrogen-bond acceptors (Lipinski definition) is 6. The van der Waals surface area contributed by atoms with Gasteiger partial charge in [0.25, 0.3) is 0 Å². The standard InChI is InChI=1S/C21H24F3N3O4S/c1-4-31-20(30)16-11(2)17(12(3)28)32-19(16)25-15(29)10-27-14-9-7-5-6-8-13(14)18(26-27)21(22,23)24/h4-10H2,1-3H3,(H,25,29). The maximum Gasteiger partial charge on any atom is 0.435 e. The second-order valence-corrected chi connectivity index (χ2v) is 8.60. The summed E-state index contributed by atoms with van der Waals surface area (Å²) in [6.45, 7) is 4.23. The number of thiophene rings is 1. The minimum atomic E-state index is -4.60. The highest BCUT2D eigenvalue weighted by molar-refractivity contribution is 7.18. The Kier molecular flexibility index (Phi) is 7.06. The fraction of sp³-hybridized carbons (Fsp3) is 0.524. The number of nitrogens with zero attached hydrogens (tertiary/aromatic N) is 2. The zero-order chi connectivity index (χ0) is 23.6. The Labute approximate surface area is 186 Å². The number of carbonyl (C=O) groups is 3. The molecule has 0 aromatic carbocycles. The number of fused-ring (bicyclic) bond motifs is 1. The number of ketones is 1. The van der Waals surface area contributed by atoms with Crippen molar-refractivity contribution in [2.75, 3.05) is 11.9 Å². The van der Waals surface area contributed by atoms with Crippen LogP contribution in [0.4, 0.5) is 18.2 Å². The number of hydrogen-bond donors (Lipinski definition) is 1. The highest BCUT2D eigenvalue weighted by Gasteiger charge is 2.39. The molecule has 174 valence electrons. The lowest BCUT2D eigenvalue weighted by molar-refractivity contribution is -0.142. The van der Waals surface area contributed by atoms with E-state index in [0.29, 0.717) is 29.0 Å². The van der Waals surface area contributed by atoms with Crippen molar-refractivity contribution in [1.82, 2.24) is 9.78 Å². The number of amides is 1. The number of aromatic nitrogens is 2. The number of esters is 1. The van der Waals surface area contributed by atoms with Crippen LogP contribution in [-0.4, -0.2) is 34.0 Å². The van der Waals surface area contributed by atoms with Crippen LogP contribution >= 0.6 is 11.3 Å². The van der Waals surface area contributed by atoms with Gasteiger partial charge in [0.2, 0.25) is 5.91 Å². The van der Waals surface area contributed by atoms with Gasteiger partial charge in [-0.15, -0.1) is 11.3 Å². The molecule has 0 atom stereocenters. The Hall–Kier alpha value is -2.69. The molecule has 0 unspecified atom stereocenters. The predicted octanol–water partition coefficient (Wildman–Crippen LogP) is 4.56. The highest BCUT2D eigenvalue weighted by Crippen LogP contribution is 2.36. The van der Waals surface area contributed by atoms with Gasteiger partial charge in [-0.25, -0.2) is 4.79 Å². The number of nitrogens with one attached hydrogen (secondary N) is 1. The largest absolute Gasteiger partial charge is 0.462 e. The number of rotatable bonds is 6. The van der Waals surface area contributed by atoms with Gasteiger partial charge in [0, 0.05) is 11.3 Å². The SMILES string of the molecule is CCOC(=O)c1c(NC(=O)Cn2nc(C(F)(F)F)c3c2CCCCC3)sc(C(C)=O)c1C. The first-order chi connectivity index (χ1) is 15.0. The molecule has 1 N–H and O–H groups in total. The van der Waals surface area contributed by atoms with E-state index in [1.54, 1.807) is 13.8 Å². The fourth-order valence-electron chi connectivity index (χ4n) is 3.89. The number of carbonyl (C=O) groups excluding carboxylic acids is 3. The van der Waals surface area contributed by atoms with Gasteiger partial charge in [0.05, 0.1) is 17.0 Å². The van der Waals surface area contributed by atoms with E-state index in [1.165, 1.54) is 6.92 Å². The molecular weight excluding hydrogens is 447 g/mol. The Morgan fingerprint density at radius 3 is 2.50 bits per heavy atom. The summed E-state index contributed by atoms with van der Waals surface area (Å²) in [5, 5.41) is 6.41. The molecule has 1 aliphatic carbocycles. The van der Waals surface area contributed by atoms with Crippen LogP contribution in [0.2, 0.25) is 0 Å². The Balaban J connectivity index is 1.91. The average Bonchev–Trinajstić information content (AvgIpc) is 3.08. The van der Waals surface area contributed by atoms with Crippen LogP contribution < -0.4 is 5.32 Å². The van der Waals surface area contributed by atoms with Gasteiger partial charge in [-0.3, -0.25) is 14.3 Å². The smallest absolute Gasteiger partial charge is 0.435 e. The molecule has 7 nitrogen and oxygen atoms in total. The van der Waals surface area contributed by atoms with E-state index in [0.717, 1.165) is 28.9 Å². The van der Waals surface area contributed by atoms with Crippen LogP contribution in [0, 0.1) is 6.92 Å². The van der Waals surface area contributed by atoms with Crippen molar-refractivity contribution in [3.05, 3.63) is 33.0 Å². The van der Waals surface area contributed by atoms with E-state index in [9.17, 15) is 27.6 Å². The summed E-state index contributed by atoms with van der Waals surface area (Å²) < 4.78 is 46.6. The van der Waals surface area contributed by atoms with E-state index in [2.05, 4.69) is 10.4 Å². The normalized spacial score (nSPS) is 13.9. The minimum Gasteiger partial charge on any atom is -0.462 e. The molecule has 0 saturated carbocycles. The van der Waals surface area contributed by atoms with E-state index in [1.807, 2.05) is 0 Å². The quantitative estimate of drug-likeness (QED) is 0.379. The minimum absolute atomic E-state index is 0.0747. The molecule has 0 aliphatic heterocycles. The first-order valence-electron chi connectivity index (χ1n) is 10.3. The average molecular weight is 472 g/mol. The zero-order valence-corrected chi connectivity index (χ0v) is 18.8. The van der Waals surface area contributed by atoms with E-state index >= 15 is 0 Å². The lowest BCUT2D eigenvalue weighted by Gasteiger charge is -2.09. The molecule has 1 amide bonds. The van der Waals surface area contributed by atoms with Crippen LogP contribution in [-0.2, 0) is 35.1 Å². The Bertz CT molecular complexity index is 1060. The third kappa shape index (κ3) is 4.87. The van der Waals surface area contributed by atoms with Crippen molar-refractivity contribution < 1.29 is 32.3 Å². The summed E-state index contributed by atoms with van der Waals surface area (Å²) >= 11 is 0.937. The van der Waals surface area contributed by atoms with Gasteiger partial charge in [-0.2, -0.15) is 18.3 Å². The third-order valence-electron chi connectivity index (χ3n) is 5.27. The molecule has 3 rings (SSSR count). The molecule has 2 aromatic rings. The van der Waals surface area contributed by atoms with Crippen LogP contribution in [0.25, 0.3) is 0 Å². The van der Waals surface area contributed by atoms with Crippen molar-refractivity contribution in [2.45, 2.75) is 65.6 Å². The van der Waals surface area contributed by atoms with Crippen molar-refractivity contribution >= 4 is 34.0 Å². The molecular formula is C21H24F3N3O4S. The number of alkyl halides is 3. The van der Waals surface area contributed by atoms with Gasteiger partial charge in [0.1, 0.15) is 11.5 Å². The lowest BCUT2D eigenvalue weighted by atomic mass is 10.1. The van der Waals surface area contributed by atoms with Crippen molar-refractivity contribution in [3.8, 4) is 0 Å². The summed E-state index contributed by atoms with van der Waals surface area (Å²) in [5.41, 5.74) is 0.0951. The van der Waals surface area contributed by atoms with Gasteiger partial charge >= 0.3 is 12.1 Å². The van der Waals surface area contributed by atoms with E-state index < -0.39 is 30.3 Å². The van der Waals surface area contributed by atoms with Gasteiger partial charge in [0.15, 0.2) is 11.5 Å². The lowest BCUT2D eigenvalue weighted by Crippen LogP contribution is -2.22. The van der Waals surface area contributed by atoms with Gasteiger partial charge < -0.3 is 10.1 Å². The maximum atomic E-state index is 13.5. The number of ether oxygens (including phenoxy) is 1. The second-order valence-electron chi connectivity index (χ2n) is 7.58. The van der Waals surface area contributed by atoms with Gasteiger partial charge in [-0.05, 0) is 52.0 Å². The molecule has 0 saturated heterocycles. The predicted molar refractivity (Wildman–Crippen MR) is 112 cm³/mol. The maximum absolute atomic E-state index is 13.5. The Morgan fingerprint density at radius 1 is 1.19 bits per heavy atom. The third-order valence-corrected chi connectivity index (χ3v) is 6.58. The molecule has 0 radical (unpaired) electrons. The van der Waals surface area contributed by atoms with Gasteiger partial charge in [-0.1, -0.05) is 6.42 Å². The topological polar surface area (TPSA) is 90.3 Å². The molecule has 11 heteroatoms. The second kappa shape index (κ2) is 9.43. The summed E-state index contributed by atoms with van der Waals surface area (Å²) in [5.74, 6) is -1.60. The van der Waals surface area contributed by atoms with Crippen molar-refractivity contribution in [1.29, 1.82) is 0 Å². The van der Waals surface area contributed by atoms with E-state index in [-0.39, 0.29) is 34.9 Å². The Morgan fingerprint density at radius 2 is 1.88 bits per heavy atom. The van der Waals surface area contributed by atoms with E-state index in [4.69, 9.17) is 4.74 Å². The van der Waals surface area contributed by atoms with Crippen LogP contribution in [0.5, 0.6) is 0 Å². The highest BCUT2D eigenvalue weighted by atomic mass is 32.1. The monoisotopic (exact) mass is 471 g/mol. The number of anilines is 1. The zero-order valence-electron chi connectivity index (χ0n) is 18.0. The fourth-order valence-corrected chi connectivity index (χ4v) is 5.00. The number of Topliss-reactive ketones (excluding diaryl/α,β-unsaturated/α-hetero) is 1. The molecule has 2 heterocycles. The first-order valence-corrected chi connectivity index (χ1v) is 11.1. The van der Waals surface area contributed by atoms with Crippen molar-refractivity contribution in [2.24, 2.45) is 0 Å².